The Labute approximate surface area is 160 Å². The van der Waals surface area contributed by atoms with Crippen LogP contribution in [0.5, 0.6) is 0 Å². The van der Waals surface area contributed by atoms with E-state index in [1.165, 1.54) is 0 Å². The van der Waals surface area contributed by atoms with E-state index in [1.54, 1.807) is 0 Å². The molecule has 0 bridgehead atoms. The summed E-state index contributed by atoms with van der Waals surface area (Å²) in [5.74, 6) is -0.0482. The number of nitrogens with one attached hydrogen (secondary N) is 2. The largest absolute Gasteiger partial charge is 0.377 e. The summed E-state index contributed by atoms with van der Waals surface area (Å²) in [6, 6.07) is 12.0. The number of benzene rings is 2. The van der Waals surface area contributed by atoms with E-state index in [1.807, 2.05) is 62.3 Å². The van der Waals surface area contributed by atoms with Crippen LogP contribution in [0.2, 0.25) is 0 Å². The van der Waals surface area contributed by atoms with Gasteiger partial charge >= 0.3 is 6.03 Å². The smallest absolute Gasteiger partial charge is 0.317 e. The van der Waals surface area contributed by atoms with Crippen molar-refractivity contribution in [2.24, 2.45) is 0 Å². The Balaban J connectivity index is 1.71. The van der Waals surface area contributed by atoms with Crippen LogP contribution in [-0.2, 0) is 0 Å². The fraction of sp³-hybridized carbons (Fsp3) is 0.429. The zero-order chi connectivity index (χ0) is 19.4. The first-order valence-electron chi connectivity index (χ1n) is 9.54. The molecule has 0 saturated carbocycles. The van der Waals surface area contributed by atoms with Crippen molar-refractivity contribution in [3.8, 4) is 0 Å². The third kappa shape index (κ3) is 4.15. The molecule has 3 rings (SSSR count). The van der Waals surface area contributed by atoms with Crippen molar-refractivity contribution in [1.82, 2.24) is 15.5 Å². The summed E-state index contributed by atoms with van der Waals surface area (Å²) >= 11 is 0. The number of rotatable bonds is 4. The van der Waals surface area contributed by atoms with Gasteiger partial charge in [-0.25, -0.2) is 4.79 Å². The Kier molecular flexibility index (Phi) is 5.84. The highest BCUT2D eigenvalue weighted by atomic mass is 16.2. The second kappa shape index (κ2) is 8.29. The molecule has 0 spiro atoms. The third-order valence-corrected chi connectivity index (χ3v) is 5.07. The zero-order valence-electron chi connectivity index (χ0n) is 16.3. The molecule has 2 aromatic rings. The van der Waals surface area contributed by atoms with Gasteiger partial charge in [0.05, 0.1) is 0 Å². The quantitative estimate of drug-likeness (QED) is 0.872. The first kappa shape index (κ1) is 19.0. The summed E-state index contributed by atoms with van der Waals surface area (Å²) in [5, 5.41) is 8.01. The molecule has 27 heavy (non-hydrogen) atoms. The summed E-state index contributed by atoms with van der Waals surface area (Å²) in [6.07, 6.45) is 1.55. The summed E-state index contributed by atoms with van der Waals surface area (Å²) in [7, 11) is 4.01. The molecule has 6 nitrogen and oxygen atoms in total. The highest BCUT2D eigenvalue weighted by Gasteiger charge is 2.24. The van der Waals surface area contributed by atoms with E-state index in [2.05, 4.69) is 15.5 Å². The normalized spacial score (nSPS) is 14.9. The number of anilines is 1. The fourth-order valence-corrected chi connectivity index (χ4v) is 3.62. The minimum atomic E-state index is -0.0482. The van der Waals surface area contributed by atoms with Crippen molar-refractivity contribution in [2.45, 2.75) is 25.8 Å². The number of nitrogens with zero attached hydrogens (tertiary/aromatic N) is 2. The molecule has 1 fully saturated rings. The number of hydrogen-bond donors (Lipinski definition) is 2. The molecule has 1 saturated heterocycles. The van der Waals surface area contributed by atoms with Gasteiger partial charge in [0.25, 0.3) is 5.91 Å². The van der Waals surface area contributed by atoms with E-state index in [4.69, 9.17) is 0 Å². The summed E-state index contributed by atoms with van der Waals surface area (Å²) < 4.78 is 0. The van der Waals surface area contributed by atoms with Crippen LogP contribution in [0.25, 0.3) is 10.8 Å². The Bertz CT molecular complexity index is 826. The Morgan fingerprint density at radius 1 is 1.07 bits per heavy atom. The van der Waals surface area contributed by atoms with Gasteiger partial charge < -0.3 is 20.4 Å². The molecule has 3 amide bonds. The lowest BCUT2D eigenvalue weighted by Gasteiger charge is -2.32. The van der Waals surface area contributed by atoms with E-state index in [0.29, 0.717) is 25.2 Å². The van der Waals surface area contributed by atoms with Crippen molar-refractivity contribution in [2.75, 3.05) is 38.6 Å². The number of hydrogen-bond acceptors (Lipinski definition) is 3. The van der Waals surface area contributed by atoms with Crippen LogP contribution < -0.4 is 15.5 Å². The van der Waals surface area contributed by atoms with Gasteiger partial charge in [0.1, 0.15) is 0 Å². The average Bonchev–Trinajstić information content (AvgIpc) is 2.67. The van der Waals surface area contributed by atoms with Gasteiger partial charge in [-0.15, -0.1) is 0 Å². The Hall–Kier alpha value is -2.76. The van der Waals surface area contributed by atoms with Crippen molar-refractivity contribution in [3.05, 3.63) is 42.0 Å². The third-order valence-electron chi connectivity index (χ3n) is 5.07. The fourth-order valence-electron chi connectivity index (χ4n) is 3.62. The molecule has 1 aliphatic heterocycles. The molecule has 0 radical (unpaired) electrons. The maximum absolute atomic E-state index is 12.9. The van der Waals surface area contributed by atoms with Crippen LogP contribution >= 0.6 is 0 Å². The molecule has 2 N–H and O–H groups in total. The van der Waals surface area contributed by atoms with Crippen LogP contribution in [0.3, 0.4) is 0 Å². The number of carbonyl (C=O) groups is 2. The SMILES string of the molecule is CCNC(=O)N1CCC(NC(=O)c2ccc(N(C)C)c3ccccc23)CC1. The molecule has 2 aromatic carbocycles. The van der Waals surface area contributed by atoms with Crippen molar-refractivity contribution >= 4 is 28.4 Å². The van der Waals surface area contributed by atoms with E-state index in [0.717, 1.165) is 29.3 Å². The lowest BCUT2D eigenvalue weighted by atomic mass is 10.00. The average molecular weight is 368 g/mol. The van der Waals surface area contributed by atoms with E-state index >= 15 is 0 Å². The zero-order valence-corrected chi connectivity index (χ0v) is 16.3. The molecule has 0 atom stereocenters. The summed E-state index contributed by atoms with van der Waals surface area (Å²) in [4.78, 5) is 28.7. The van der Waals surface area contributed by atoms with E-state index < -0.39 is 0 Å². The maximum atomic E-state index is 12.9. The van der Waals surface area contributed by atoms with Crippen LogP contribution in [0.1, 0.15) is 30.1 Å². The molecular formula is C21H28N4O2. The van der Waals surface area contributed by atoms with Crippen molar-refractivity contribution < 1.29 is 9.59 Å². The molecule has 1 heterocycles. The van der Waals surface area contributed by atoms with E-state index in [9.17, 15) is 9.59 Å². The van der Waals surface area contributed by atoms with Gasteiger partial charge in [0.15, 0.2) is 0 Å². The topological polar surface area (TPSA) is 64.7 Å². The first-order valence-corrected chi connectivity index (χ1v) is 9.54. The number of carbonyl (C=O) groups excluding carboxylic acids is 2. The number of urea groups is 1. The lowest BCUT2D eigenvalue weighted by Crippen LogP contribution is -2.49. The van der Waals surface area contributed by atoms with Crippen LogP contribution in [0, 0.1) is 0 Å². The molecular weight excluding hydrogens is 340 g/mol. The number of fused-ring (bicyclic) bond motifs is 1. The van der Waals surface area contributed by atoms with Gasteiger partial charge in [0.2, 0.25) is 0 Å². The maximum Gasteiger partial charge on any atom is 0.317 e. The predicted molar refractivity (Wildman–Crippen MR) is 109 cm³/mol. The molecule has 1 aliphatic rings. The number of likely N-dealkylation sites (tertiary alicyclic amines) is 1. The minimum Gasteiger partial charge on any atom is -0.377 e. The van der Waals surface area contributed by atoms with Crippen LogP contribution in [0.4, 0.5) is 10.5 Å². The number of piperidine rings is 1. The molecule has 0 aromatic heterocycles. The summed E-state index contributed by atoms with van der Waals surface area (Å²) in [6.45, 7) is 3.87. The molecule has 6 heteroatoms. The van der Waals surface area contributed by atoms with Gasteiger partial charge in [0, 0.05) is 56.4 Å². The molecule has 0 unspecified atom stereocenters. The Morgan fingerprint density at radius 2 is 1.74 bits per heavy atom. The standard InChI is InChI=1S/C21H28N4O2/c1-4-22-21(27)25-13-11-15(12-14-25)23-20(26)18-9-10-19(24(2)3)17-8-6-5-7-16(17)18/h5-10,15H,4,11-14H2,1-3H3,(H,22,27)(H,23,26). The monoisotopic (exact) mass is 368 g/mol. The Morgan fingerprint density at radius 3 is 2.37 bits per heavy atom. The summed E-state index contributed by atoms with van der Waals surface area (Å²) in [5.41, 5.74) is 1.79. The lowest BCUT2D eigenvalue weighted by molar-refractivity contribution is 0.0919. The number of amides is 3. The van der Waals surface area contributed by atoms with E-state index in [-0.39, 0.29) is 18.0 Å². The van der Waals surface area contributed by atoms with Gasteiger partial charge in [-0.1, -0.05) is 24.3 Å². The van der Waals surface area contributed by atoms with Gasteiger partial charge in [-0.3, -0.25) is 4.79 Å². The van der Waals surface area contributed by atoms with Gasteiger partial charge in [-0.2, -0.15) is 0 Å². The van der Waals surface area contributed by atoms with Crippen LogP contribution in [0.15, 0.2) is 36.4 Å². The predicted octanol–water partition coefficient (Wildman–Crippen LogP) is 2.83. The molecule has 144 valence electrons. The highest BCUT2D eigenvalue weighted by molar-refractivity contribution is 6.10. The minimum absolute atomic E-state index is 0.0208. The first-order chi connectivity index (χ1) is 13.0. The highest BCUT2D eigenvalue weighted by Crippen LogP contribution is 2.28. The second-order valence-corrected chi connectivity index (χ2v) is 7.14. The van der Waals surface area contributed by atoms with Gasteiger partial charge in [-0.05, 0) is 37.3 Å². The second-order valence-electron chi connectivity index (χ2n) is 7.14. The van der Waals surface area contributed by atoms with Crippen molar-refractivity contribution in [1.29, 1.82) is 0 Å². The molecule has 0 aliphatic carbocycles. The van der Waals surface area contributed by atoms with Crippen LogP contribution in [-0.4, -0.2) is 56.6 Å². The van der Waals surface area contributed by atoms with Crippen molar-refractivity contribution in [3.63, 3.8) is 0 Å².